The van der Waals surface area contributed by atoms with Gasteiger partial charge in [0.15, 0.2) is 0 Å². The Balaban J connectivity index is 2.25. The number of carboxylic acids is 1. The normalized spacial score (nSPS) is 21.7. The van der Waals surface area contributed by atoms with Crippen LogP contribution in [0.1, 0.15) is 10.4 Å². The van der Waals surface area contributed by atoms with Gasteiger partial charge in [0.25, 0.3) is 0 Å². The summed E-state index contributed by atoms with van der Waals surface area (Å²) in [7, 11) is 1.77. The lowest BCUT2D eigenvalue weighted by Crippen LogP contribution is -2.40. The fraction of sp³-hybridized carbons (Fsp3) is 0.385. The van der Waals surface area contributed by atoms with Crippen molar-refractivity contribution >= 4 is 29.2 Å². The number of carbonyl (C=O) groups excluding carboxylic acids is 1. The van der Waals surface area contributed by atoms with Crippen molar-refractivity contribution in [3.63, 3.8) is 0 Å². The Kier molecular flexibility index (Phi) is 4.15. The molecule has 1 aromatic rings. The summed E-state index contributed by atoms with van der Waals surface area (Å²) in [4.78, 5) is 24.1. The molecule has 0 bridgehead atoms. The highest BCUT2D eigenvalue weighted by Crippen LogP contribution is 2.28. The maximum absolute atomic E-state index is 11.2. The Hall–Kier alpha value is -1.79. The Morgan fingerprint density at radius 3 is 2.70 bits per heavy atom. The van der Waals surface area contributed by atoms with E-state index in [1.165, 1.54) is 6.07 Å². The zero-order valence-corrected chi connectivity index (χ0v) is 11.6. The molecule has 108 valence electrons. The quantitative estimate of drug-likeness (QED) is 0.864. The van der Waals surface area contributed by atoms with E-state index in [1.807, 2.05) is 0 Å². The van der Waals surface area contributed by atoms with Gasteiger partial charge in [0.2, 0.25) is 5.91 Å². The number of carbonyl (C=O) groups is 2. The number of aliphatic carboxylic acids is 1. The first kappa shape index (κ1) is 14.6. The van der Waals surface area contributed by atoms with Crippen LogP contribution in [0.5, 0.6) is 0 Å². The van der Waals surface area contributed by atoms with Crippen molar-refractivity contribution in [1.29, 1.82) is 0 Å². The van der Waals surface area contributed by atoms with Crippen molar-refractivity contribution in [3.05, 3.63) is 28.8 Å². The number of nitrogens with two attached hydrogens (primary N) is 1. The van der Waals surface area contributed by atoms with E-state index in [9.17, 15) is 9.59 Å². The number of primary amides is 1. The number of anilines is 1. The number of carboxylic acid groups (broad SMARTS) is 1. The molecule has 1 heterocycles. The van der Waals surface area contributed by atoms with Gasteiger partial charge in [0.1, 0.15) is 5.92 Å². The van der Waals surface area contributed by atoms with Crippen LogP contribution in [0, 0.1) is 5.92 Å². The molecule has 1 amide bonds. The molecule has 1 saturated heterocycles. The molecule has 6 nitrogen and oxygen atoms in total. The maximum Gasteiger partial charge on any atom is 0.311 e. The fourth-order valence-corrected chi connectivity index (χ4v) is 2.54. The number of ether oxygens (including phenoxy) is 1. The summed E-state index contributed by atoms with van der Waals surface area (Å²) in [5.41, 5.74) is 6.14. The number of halogens is 1. The summed E-state index contributed by atoms with van der Waals surface area (Å²) < 4.78 is 5.24. The van der Waals surface area contributed by atoms with Gasteiger partial charge in [-0.25, -0.2) is 0 Å². The van der Waals surface area contributed by atoms with Crippen LogP contribution < -0.4 is 10.6 Å². The second-order valence-corrected chi connectivity index (χ2v) is 5.10. The van der Waals surface area contributed by atoms with Crippen LogP contribution in [-0.2, 0) is 9.53 Å². The molecular formula is C13H15ClN2O4. The second-order valence-electron chi connectivity index (χ2n) is 4.69. The summed E-state index contributed by atoms with van der Waals surface area (Å²) in [6.07, 6.45) is 0. The molecule has 1 aromatic carbocycles. The first-order chi connectivity index (χ1) is 9.41. The van der Waals surface area contributed by atoms with Gasteiger partial charge in [0.05, 0.1) is 29.8 Å². The first-order valence-electron chi connectivity index (χ1n) is 6.04. The lowest BCUT2D eigenvalue weighted by molar-refractivity contribution is -0.141. The molecule has 0 spiro atoms. The van der Waals surface area contributed by atoms with E-state index < -0.39 is 17.8 Å². The Bertz CT molecular complexity index is 549. The predicted octanol–water partition coefficient (Wildman–Crippen LogP) is 0.975. The SMILES string of the molecule is CN(c1ccc(C(N)=O)c(Cl)c1)C1COCC1C(=O)O. The summed E-state index contributed by atoms with van der Waals surface area (Å²) in [5.74, 6) is -2.08. The predicted molar refractivity (Wildman–Crippen MR) is 74.1 cm³/mol. The molecule has 0 saturated carbocycles. The van der Waals surface area contributed by atoms with Crippen LogP contribution in [-0.4, -0.2) is 43.3 Å². The summed E-state index contributed by atoms with van der Waals surface area (Å²) in [6, 6.07) is 4.53. The molecule has 7 heteroatoms. The monoisotopic (exact) mass is 298 g/mol. The van der Waals surface area contributed by atoms with E-state index in [1.54, 1.807) is 24.1 Å². The minimum atomic E-state index is -0.890. The highest BCUT2D eigenvalue weighted by atomic mass is 35.5. The van der Waals surface area contributed by atoms with Gasteiger partial charge in [-0.3, -0.25) is 9.59 Å². The zero-order chi connectivity index (χ0) is 14.9. The first-order valence-corrected chi connectivity index (χ1v) is 6.42. The van der Waals surface area contributed by atoms with E-state index >= 15 is 0 Å². The van der Waals surface area contributed by atoms with Crippen LogP contribution in [0.4, 0.5) is 5.69 Å². The lowest BCUT2D eigenvalue weighted by atomic mass is 10.0. The van der Waals surface area contributed by atoms with Gasteiger partial charge in [-0.15, -0.1) is 0 Å². The van der Waals surface area contributed by atoms with E-state index in [2.05, 4.69) is 0 Å². The highest BCUT2D eigenvalue weighted by molar-refractivity contribution is 6.34. The fourth-order valence-electron chi connectivity index (χ4n) is 2.28. The molecule has 2 rings (SSSR count). The topological polar surface area (TPSA) is 92.9 Å². The number of hydrogen-bond acceptors (Lipinski definition) is 4. The van der Waals surface area contributed by atoms with E-state index in [0.29, 0.717) is 12.3 Å². The van der Waals surface area contributed by atoms with E-state index in [4.69, 9.17) is 27.2 Å². The summed E-state index contributed by atoms with van der Waals surface area (Å²) in [6.45, 7) is 0.528. The number of amides is 1. The number of rotatable bonds is 4. The molecule has 1 fully saturated rings. The molecule has 2 atom stereocenters. The Morgan fingerprint density at radius 2 is 2.15 bits per heavy atom. The summed E-state index contributed by atoms with van der Waals surface area (Å²) >= 11 is 6.00. The molecule has 3 N–H and O–H groups in total. The third kappa shape index (κ3) is 2.71. The number of nitrogens with zero attached hydrogens (tertiary/aromatic N) is 1. The standard InChI is InChI=1S/C13H15ClN2O4/c1-16(11-6-20-5-9(11)13(18)19)7-2-3-8(12(15)17)10(14)4-7/h2-4,9,11H,5-6H2,1H3,(H2,15,17)(H,18,19). The van der Waals surface area contributed by atoms with Crippen LogP contribution in [0.15, 0.2) is 18.2 Å². The van der Waals surface area contributed by atoms with Crippen LogP contribution in [0.25, 0.3) is 0 Å². The van der Waals surface area contributed by atoms with E-state index in [0.717, 1.165) is 0 Å². The Labute approximate surface area is 121 Å². The van der Waals surface area contributed by atoms with Crippen LogP contribution in [0.2, 0.25) is 5.02 Å². The molecule has 0 aliphatic carbocycles. The van der Waals surface area contributed by atoms with Crippen LogP contribution in [0.3, 0.4) is 0 Å². The molecule has 2 unspecified atom stereocenters. The number of likely N-dealkylation sites (N-methyl/N-ethyl adjacent to an activating group) is 1. The van der Waals surface area contributed by atoms with Crippen molar-refractivity contribution in [3.8, 4) is 0 Å². The van der Waals surface area contributed by atoms with Gasteiger partial charge in [-0.05, 0) is 18.2 Å². The molecule has 0 radical (unpaired) electrons. The average Bonchev–Trinajstić information content (AvgIpc) is 2.86. The lowest BCUT2D eigenvalue weighted by Gasteiger charge is -2.28. The molecule has 20 heavy (non-hydrogen) atoms. The van der Waals surface area contributed by atoms with Crippen molar-refractivity contribution in [1.82, 2.24) is 0 Å². The third-order valence-electron chi connectivity index (χ3n) is 3.49. The largest absolute Gasteiger partial charge is 0.481 e. The Morgan fingerprint density at radius 1 is 1.45 bits per heavy atom. The minimum Gasteiger partial charge on any atom is -0.481 e. The third-order valence-corrected chi connectivity index (χ3v) is 3.80. The number of hydrogen-bond donors (Lipinski definition) is 2. The second kappa shape index (κ2) is 5.68. The molecule has 1 aliphatic heterocycles. The van der Waals surface area contributed by atoms with Crippen molar-refractivity contribution < 1.29 is 19.4 Å². The van der Waals surface area contributed by atoms with Gasteiger partial charge < -0.3 is 20.5 Å². The number of benzene rings is 1. The van der Waals surface area contributed by atoms with Gasteiger partial charge in [-0.2, -0.15) is 0 Å². The maximum atomic E-state index is 11.2. The summed E-state index contributed by atoms with van der Waals surface area (Å²) in [5, 5.41) is 9.40. The van der Waals surface area contributed by atoms with Crippen molar-refractivity contribution in [2.24, 2.45) is 11.7 Å². The van der Waals surface area contributed by atoms with Gasteiger partial charge in [0, 0.05) is 12.7 Å². The molecule has 1 aliphatic rings. The smallest absolute Gasteiger partial charge is 0.311 e. The average molecular weight is 299 g/mol. The molecule has 0 aromatic heterocycles. The highest BCUT2D eigenvalue weighted by Gasteiger charge is 2.37. The van der Waals surface area contributed by atoms with E-state index in [-0.39, 0.29) is 23.2 Å². The van der Waals surface area contributed by atoms with Crippen molar-refractivity contribution in [2.75, 3.05) is 25.2 Å². The minimum absolute atomic E-state index is 0.192. The molecular weight excluding hydrogens is 284 g/mol. The van der Waals surface area contributed by atoms with Gasteiger partial charge in [-0.1, -0.05) is 11.6 Å². The van der Waals surface area contributed by atoms with Crippen LogP contribution >= 0.6 is 11.6 Å². The van der Waals surface area contributed by atoms with Gasteiger partial charge >= 0.3 is 5.97 Å². The van der Waals surface area contributed by atoms with Crippen molar-refractivity contribution in [2.45, 2.75) is 6.04 Å². The zero-order valence-electron chi connectivity index (χ0n) is 10.9.